The molecular formula is C11H21N5O2. The summed E-state index contributed by atoms with van der Waals surface area (Å²) >= 11 is 0. The first-order chi connectivity index (χ1) is 8.61. The number of hydrogen-bond donors (Lipinski definition) is 2. The maximum Gasteiger partial charge on any atom is 0.245 e. The Hall–Kier alpha value is -1.02. The molecule has 0 radical (unpaired) electrons. The molecule has 7 heteroatoms. The zero-order valence-corrected chi connectivity index (χ0v) is 10.9. The van der Waals surface area contributed by atoms with Gasteiger partial charge in [-0.1, -0.05) is 5.16 Å². The van der Waals surface area contributed by atoms with E-state index in [0.29, 0.717) is 11.7 Å². The molecular weight excluding hydrogens is 234 g/mol. The second kappa shape index (κ2) is 5.75. The van der Waals surface area contributed by atoms with Gasteiger partial charge in [0, 0.05) is 6.54 Å². The normalized spacial score (nSPS) is 25.0. The van der Waals surface area contributed by atoms with Gasteiger partial charge in [0.05, 0.1) is 12.6 Å². The summed E-state index contributed by atoms with van der Waals surface area (Å²) in [4.78, 5) is 8.78. The lowest BCUT2D eigenvalue weighted by molar-refractivity contribution is 0.212. The summed E-state index contributed by atoms with van der Waals surface area (Å²) in [5.74, 6) is 0.943. The van der Waals surface area contributed by atoms with Crippen molar-refractivity contribution in [3.05, 3.63) is 11.7 Å². The molecule has 0 spiro atoms. The van der Waals surface area contributed by atoms with Crippen LogP contribution in [0, 0.1) is 0 Å². The average Bonchev–Trinajstić information content (AvgIpc) is 2.77. The molecule has 0 saturated carbocycles. The van der Waals surface area contributed by atoms with Gasteiger partial charge in [-0.05, 0) is 33.6 Å². The summed E-state index contributed by atoms with van der Waals surface area (Å²) in [6.07, 6.45) is 1.13. The molecule has 2 atom stereocenters. The third kappa shape index (κ3) is 2.86. The third-order valence-electron chi connectivity index (χ3n) is 3.34. The first kappa shape index (κ1) is 13.4. The van der Waals surface area contributed by atoms with Crippen LogP contribution in [0.25, 0.3) is 0 Å². The number of aliphatic hydroxyl groups is 1. The van der Waals surface area contributed by atoms with Crippen molar-refractivity contribution < 1.29 is 9.63 Å². The Bertz CT molecular complexity index is 383. The number of hydrogen-bond acceptors (Lipinski definition) is 7. The largest absolute Gasteiger partial charge is 0.394 e. The molecule has 0 aromatic carbocycles. The summed E-state index contributed by atoms with van der Waals surface area (Å²) in [6, 6.07) is -0.485. The van der Waals surface area contributed by atoms with Crippen LogP contribution in [-0.4, -0.2) is 65.4 Å². The Labute approximate surface area is 107 Å². The van der Waals surface area contributed by atoms with E-state index >= 15 is 0 Å². The highest BCUT2D eigenvalue weighted by atomic mass is 16.5. The molecule has 0 aliphatic carbocycles. The van der Waals surface area contributed by atoms with E-state index in [9.17, 15) is 0 Å². The fourth-order valence-electron chi connectivity index (χ4n) is 2.16. The van der Waals surface area contributed by atoms with Crippen molar-refractivity contribution in [2.75, 3.05) is 40.3 Å². The van der Waals surface area contributed by atoms with Gasteiger partial charge >= 0.3 is 0 Å². The smallest absolute Gasteiger partial charge is 0.245 e. The molecule has 3 N–H and O–H groups in total. The summed E-state index contributed by atoms with van der Waals surface area (Å²) in [5, 5.41) is 13.0. The highest BCUT2D eigenvalue weighted by molar-refractivity contribution is 4.99. The zero-order chi connectivity index (χ0) is 13.1. The molecule has 7 nitrogen and oxygen atoms in total. The average molecular weight is 255 g/mol. The van der Waals surface area contributed by atoms with Gasteiger partial charge in [0.1, 0.15) is 6.04 Å². The Balaban J connectivity index is 2.15. The molecule has 2 heterocycles. The molecule has 0 amide bonds. The van der Waals surface area contributed by atoms with E-state index in [1.165, 1.54) is 0 Å². The van der Waals surface area contributed by atoms with Crippen LogP contribution in [0.1, 0.15) is 30.2 Å². The van der Waals surface area contributed by atoms with Crippen LogP contribution in [0.2, 0.25) is 0 Å². The minimum absolute atomic E-state index is 0.112. The lowest BCUT2D eigenvalue weighted by atomic mass is 10.2. The van der Waals surface area contributed by atoms with Gasteiger partial charge in [-0.25, -0.2) is 0 Å². The monoisotopic (exact) mass is 255 g/mol. The maximum absolute atomic E-state index is 8.98. The number of aromatic nitrogens is 2. The summed E-state index contributed by atoms with van der Waals surface area (Å²) in [7, 11) is 4.15. The van der Waals surface area contributed by atoms with Gasteiger partial charge in [0.25, 0.3) is 0 Å². The van der Waals surface area contributed by atoms with E-state index in [0.717, 1.165) is 26.1 Å². The molecule has 1 aliphatic rings. The number of likely N-dealkylation sites (N-methyl/N-ethyl adjacent to an activating group) is 2. The predicted molar refractivity (Wildman–Crippen MR) is 65.8 cm³/mol. The van der Waals surface area contributed by atoms with Gasteiger partial charge in [-0.3, -0.25) is 4.90 Å². The molecule has 2 rings (SSSR count). The molecule has 1 aromatic heterocycles. The zero-order valence-electron chi connectivity index (χ0n) is 10.9. The summed E-state index contributed by atoms with van der Waals surface area (Å²) < 4.78 is 5.10. The van der Waals surface area contributed by atoms with Crippen molar-refractivity contribution in [3.63, 3.8) is 0 Å². The van der Waals surface area contributed by atoms with Crippen LogP contribution in [0.5, 0.6) is 0 Å². The molecule has 18 heavy (non-hydrogen) atoms. The van der Waals surface area contributed by atoms with Crippen molar-refractivity contribution in [2.45, 2.75) is 18.5 Å². The maximum atomic E-state index is 8.98. The molecule has 1 fully saturated rings. The summed E-state index contributed by atoms with van der Waals surface area (Å²) in [5.41, 5.74) is 5.66. The van der Waals surface area contributed by atoms with E-state index in [-0.39, 0.29) is 12.6 Å². The van der Waals surface area contributed by atoms with Crippen LogP contribution in [0.4, 0.5) is 0 Å². The quantitative estimate of drug-likeness (QED) is 0.743. The molecule has 0 bridgehead atoms. The lowest BCUT2D eigenvalue weighted by Gasteiger charge is -2.24. The van der Waals surface area contributed by atoms with Crippen LogP contribution in [0.3, 0.4) is 0 Å². The molecule has 102 valence electrons. The van der Waals surface area contributed by atoms with Gasteiger partial charge in [0.2, 0.25) is 5.89 Å². The molecule has 2 unspecified atom stereocenters. The van der Waals surface area contributed by atoms with Crippen LogP contribution >= 0.6 is 0 Å². The van der Waals surface area contributed by atoms with Gasteiger partial charge in [0.15, 0.2) is 5.82 Å². The van der Waals surface area contributed by atoms with Crippen LogP contribution in [0.15, 0.2) is 4.52 Å². The van der Waals surface area contributed by atoms with Crippen molar-refractivity contribution >= 4 is 0 Å². The number of aliphatic hydroxyl groups excluding tert-OH is 1. The Morgan fingerprint density at radius 2 is 2.28 bits per heavy atom. The SMILES string of the molecule is CN1CCCN(C)C(c2noc(C(N)CO)n2)C1. The minimum Gasteiger partial charge on any atom is -0.394 e. The molecule has 1 aromatic rings. The highest BCUT2D eigenvalue weighted by Crippen LogP contribution is 2.21. The van der Waals surface area contributed by atoms with Gasteiger partial charge in [-0.2, -0.15) is 4.98 Å². The van der Waals surface area contributed by atoms with Crippen LogP contribution < -0.4 is 5.73 Å². The third-order valence-corrected chi connectivity index (χ3v) is 3.34. The second-order valence-corrected chi connectivity index (χ2v) is 4.89. The van der Waals surface area contributed by atoms with E-state index in [4.69, 9.17) is 15.4 Å². The predicted octanol–water partition coefficient (Wildman–Crippen LogP) is -0.630. The van der Waals surface area contributed by atoms with Gasteiger partial charge in [-0.15, -0.1) is 0 Å². The van der Waals surface area contributed by atoms with Crippen molar-refractivity contribution in [1.29, 1.82) is 0 Å². The van der Waals surface area contributed by atoms with Crippen molar-refractivity contribution in [3.8, 4) is 0 Å². The first-order valence-corrected chi connectivity index (χ1v) is 6.20. The molecule has 1 saturated heterocycles. The number of nitrogens with two attached hydrogens (primary N) is 1. The van der Waals surface area contributed by atoms with Crippen molar-refractivity contribution in [2.24, 2.45) is 5.73 Å². The van der Waals surface area contributed by atoms with E-state index in [1.54, 1.807) is 0 Å². The Morgan fingerprint density at radius 1 is 1.50 bits per heavy atom. The number of rotatable bonds is 3. The summed E-state index contributed by atoms with van der Waals surface area (Å²) in [6.45, 7) is 2.75. The molecule has 1 aliphatic heterocycles. The second-order valence-electron chi connectivity index (χ2n) is 4.89. The first-order valence-electron chi connectivity index (χ1n) is 6.20. The van der Waals surface area contributed by atoms with Crippen LogP contribution in [-0.2, 0) is 0 Å². The Morgan fingerprint density at radius 3 is 3.00 bits per heavy atom. The van der Waals surface area contributed by atoms with E-state index in [1.807, 2.05) is 0 Å². The fourth-order valence-corrected chi connectivity index (χ4v) is 2.16. The fraction of sp³-hybridized carbons (Fsp3) is 0.818. The Kier molecular flexibility index (Phi) is 4.28. The minimum atomic E-state index is -0.597. The van der Waals surface area contributed by atoms with E-state index < -0.39 is 6.04 Å². The van der Waals surface area contributed by atoms with Crippen molar-refractivity contribution in [1.82, 2.24) is 19.9 Å². The van der Waals surface area contributed by atoms with Gasteiger partial charge < -0.3 is 20.3 Å². The standard InChI is InChI=1S/C11H21N5O2/c1-15-4-3-5-16(2)9(6-15)10-13-11(18-14-10)8(12)7-17/h8-9,17H,3-7,12H2,1-2H3. The highest BCUT2D eigenvalue weighted by Gasteiger charge is 2.27. The van der Waals surface area contributed by atoms with E-state index in [2.05, 4.69) is 34.0 Å². The topological polar surface area (TPSA) is 91.7 Å². The number of nitrogens with zero attached hydrogens (tertiary/aromatic N) is 4. The lowest BCUT2D eigenvalue weighted by Crippen LogP contribution is -2.31.